The molecule has 19 heavy (non-hydrogen) atoms. The molecule has 0 spiro atoms. The number of hydrogen-bond donors (Lipinski definition) is 1. The third-order valence-electron chi connectivity index (χ3n) is 4.13. The van der Waals surface area contributed by atoms with Crippen molar-refractivity contribution in [2.45, 2.75) is 32.2 Å². The van der Waals surface area contributed by atoms with E-state index in [1.165, 1.54) is 5.56 Å². The Labute approximate surface area is 113 Å². The topological polar surface area (TPSA) is 55.6 Å². The predicted molar refractivity (Wildman–Crippen MR) is 75.0 cm³/mol. The molecule has 102 valence electrons. The van der Waals surface area contributed by atoms with Crippen molar-refractivity contribution in [3.63, 3.8) is 0 Å². The molecule has 1 aromatic carbocycles. The summed E-state index contributed by atoms with van der Waals surface area (Å²) in [6.07, 6.45) is 2.58. The molecule has 0 aliphatic carbocycles. The number of nitrogens with two attached hydrogens (primary N) is 1. The number of carbonyl (C=O) groups is 1. The van der Waals surface area contributed by atoms with Crippen LogP contribution in [0.4, 0.5) is 11.4 Å². The Bertz CT molecular complexity index is 495. The van der Waals surface area contributed by atoms with Crippen molar-refractivity contribution < 1.29 is 9.53 Å². The second kappa shape index (κ2) is 4.85. The van der Waals surface area contributed by atoms with Crippen LogP contribution in [0.15, 0.2) is 18.2 Å². The summed E-state index contributed by atoms with van der Waals surface area (Å²) in [7, 11) is 0. The second-order valence-electron chi connectivity index (χ2n) is 5.54. The van der Waals surface area contributed by atoms with E-state index < -0.39 is 0 Å². The van der Waals surface area contributed by atoms with Gasteiger partial charge in [0, 0.05) is 36.5 Å². The first-order valence-corrected chi connectivity index (χ1v) is 6.96. The molecular formula is C15H20N2O2. The number of ether oxygens (including phenoxy) is 1. The lowest BCUT2D eigenvalue weighted by Crippen LogP contribution is -2.41. The van der Waals surface area contributed by atoms with Crippen molar-refractivity contribution in [3.8, 4) is 0 Å². The zero-order valence-corrected chi connectivity index (χ0v) is 11.3. The maximum Gasteiger partial charge on any atom is 0.230 e. The Morgan fingerprint density at radius 2 is 2.11 bits per heavy atom. The molecule has 2 N–H and O–H groups in total. The van der Waals surface area contributed by atoms with E-state index in [0.29, 0.717) is 13.2 Å². The Morgan fingerprint density at radius 3 is 2.84 bits per heavy atom. The average Bonchev–Trinajstić information content (AvgIpc) is 2.74. The largest absolute Gasteiger partial charge is 0.399 e. The molecule has 2 aliphatic rings. The summed E-state index contributed by atoms with van der Waals surface area (Å²) in [4.78, 5) is 14.7. The molecular weight excluding hydrogens is 240 g/mol. The minimum absolute atomic E-state index is 0.111. The first-order chi connectivity index (χ1) is 9.16. The van der Waals surface area contributed by atoms with Crippen LogP contribution in [0, 0.1) is 5.92 Å². The molecule has 1 unspecified atom stereocenters. The van der Waals surface area contributed by atoms with Crippen LogP contribution in [-0.2, 0) is 16.0 Å². The van der Waals surface area contributed by atoms with Gasteiger partial charge in [0.2, 0.25) is 5.91 Å². The Morgan fingerprint density at radius 1 is 1.37 bits per heavy atom. The molecule has 2 aliphatic heterocycles. The SMILES string of the molecule is CC1Cc2cc(N)ccc2N1C(=O)C1CCOCC1. The number of nitrogens with zero attached hydrogens (tertiary/aromatic N) is 1. The normalized spacial score (nSPS) is 23.4. The van der Waals surface area contributed by atoms with Gasteiger partial charge in [-0.1, -0.05) is 0 Å². The molecule has 3 rings (SSSR count). The molecule has 1 saturated heterocycles. The summed E-state index contributed by atoms with van der Waals surface area (Å²) < 4.78 is 5.34. The molecule has 0 bridgehead atoms. The lowest BCUT2D eigenvalue weighted by molar-refractivity contribution is -0.125. The van der Waals surface area contributed by atoms with E-state index in [9.17, 15) is 4.79 Å². The first-order valence-electron chi connectivity index (χ1n) is 6.96. The molecule has 4 heteroatoms. The fraction of sp³-hybridized carbons (Fsp3) is 0.533. The number of amides is 1. The lowest BCUT2D eigenvalue weighted by Gasteiger charge is -2.29. The van der Waals surface area contributed by atoms with E-state index in [1.807, 2.05) is 23.1 Å². The van der Waals surface area contributed by atoms with Crippen molar-refractivity contribution in [2.75, 3.05) is 23.8 Å². The Kier molecular flexibility index (Phi) is 3.19. The number of carbonyl (C=O) groups excluding carboxylic acids is 1. The maximum atomic E-state index is 12.7. The van der Waals surface area contributed by atoms with Crippen LogP contribution >= 0.6 is 0 Å². The van der Waals surface area contributed by atoms with E-state index in [0.717, 1.165) is 30.6 Å². The number of anilines is 2. The van der Waals surface area contributed by atoms with Crippen LogP contribution in [-0.4, -0.2) is 25.2 Å². The fourth-order valence-corrected chi connectivity index (χ4v) is 3.13. The standard InChI is InChI=1S/C15H20N2O2/c1-10-8-12-9-13(16)2-3-14(12)17(10)15(18)11-4-6-19-7-5-11/h2-3,9-11H,4-8,16H2,1H3. The van der Waals surface area contributed by atoms with Gasteiger partial charge in [-0.25, -0.2) is 0 Å². The van der Waals surface area contributed by atoms with Crippen molar-refractivity contribution in [1.29, 1.82) is 0 Å². The quantitative estimate of drug-likeness (QED) is 0.785. The highest BCUT2D eigenvalue weighted by atomic mass is 16.5. The Balaban J connectivity index is 1.86. The van der Waals surface area contributed by atoms with Gasteiger partial charge < -0.3 is 15.4 Å². The number of nitrogen functional groups attached to an aromatic ring is 1. The number of benzene rings is 1. The summed E-state index contributed by atoms with van der Waals surface area (Å²) >= 11 is 0. The zero-order chi connectivity index (χ0) is 13.4. The van der Waals surface area contributed by atoms with Gasteiger partial charge in [0.1, 0.15) is 0 Å². The van der Waals surface area contributed by atoms with Gasteiger partial charge >= 0.3 is 0 Å². The van der Waals surface area contributed by atoms with Crippen molar-refractivity contribution in [2.24, 2.45) is 5.92 Å². The molecule has 1 atom stereocenters. The fourth-order valence-electron chi connectivity index (χ4n) is 3.13. The number of rotatable bonds is 1. The van der Waals surface area contributed by atoms with Crippen molar-refractivity contribution in [1.82, 2.24) is 0 Å². The van der Waals surface area contributed by atoms with E-state index in [-0.39, 0.29) is 17.9 Å². The van der Waals surface area contributed by atoms with Gasteiger partial charge in [-0.2, -0.15) is 0 Å². The number of hydrogen-bond acceptors (Lipinski definition) is 3. The van der Waals surface area contributed by atoms with E-state index in [4.69, 9.17) is 10.5 Å². The minimum atomic E-state index is 0.111. The molecule has 2 heterocycles. The van der Waals surface area contributed by atoms with Gasteiger partial charge in [-0.15, -0.1) is 0 Å². The van der Waals surface area contributed by atoms with Crippen LogP contribution < -0.4 is 10.6 Å². The van der Waals surface area contributed by atoms with E-state index >= 15 is 0 Å². The first kappa shape index (κ1) is 12.5. The molecule has 1 amide bonds. The zero-order valence-electron chi connectivity index (χ0n) is 11.3. The molecule has 0 aromatic heterocycles. The van der Waals surface area contributed by atoms with Gasteiger partial charge in [0.25, 0.3) is 0 Å². The third-order valence-corrected chi connectivity index (χ3v) is 4.13. The van der Waals surface area contributed by atoms with Gasteiger partial charge in [-0.05, 0) is 49.9 Å². The maximum absolute atomic E-state index is 12.7. The van der Waals surface area contributed by atoms with Gasteiger partial charge in [-0.3, -0.25) is 4.79 Å². The highest BCUT2D eigenvalue weighted by Gasteiger charge is 2.35. The molecule has 0 radical (unpaired) electrons. The lowest BCUT2D eigenvalue weighted by atomic mass is 9.98. The van der Waals surface area contributed by atoms with Crippen molar-refractivity contribution >= 4 is 17.3 Å². The molecule has 1 fully saturated rings. The van der Waals surface area contributed by atoms with E-state index in [2.05, 4.69) is 6.92 Å². The smallest absolute Gasteiger partial charge is 0.230 e. The van der Waals surface area contributed by atoms with Crippen LogP contribution in [0.25, 0.3) is 0 Å². The highest BCUT2D eigenvalue weighted by molar-refractivity contribution is 5.98. The summed E-state index contributed by atoms with van der Waals surface area (Å²) in [6.45, 7) is 3.51. The van der Waals surface area contributed by atoms with Crippen LogP contribution in [0.1, 0.15) is 25.3 Å². The summed E-state index contributed by atoms with van der Waals surface area (Å²) in [5.74, 6) is 0.360. The summed E-state index contributed by atoms with van der Waals surface area (Å²) in [5, 5.41) is 0. The molecule has 1 aromatic rings. The average molecular weight is 260 g/mol. The van der Waals surface area contributed by atoms with Crippen LogP contribution in [0.2, 0.25) is 0 Å². The monoisotopic (exact) mass is 260 g/mol. The van der Waals surface area contributed by atoms with Gasteiger partial charge in [0.05, 0.1) is 0 Å². The summed E-state index contributed by atoms with van der Waals surface area (Å²) in [6, 6.07) is 6.07. The highest BCUT2D eigenvalue weighted by Crippen LogP contribution is 2.35. The minimum Gasteiger partial charge on any atom is -0.399 e. The van der Waals surface area contributed by atoms with Crippen LogP contribution in [0.5, 0.6) is 0 Å². The second-order valence-corrected chi connectivity index (χ2v) is 5.54. The summed E-state index contributed by atoms with van der Waals surface area (Å²) in [5.41, 5.74) is 8.82. The van der Waals surface area contributed by atoms with E-state index in [1.54, 1.807) is 0 Å². The Hall–Kier alpha value is -1.55. The van der Waals surface area contributed by atoms with Gasteiger partial charge in [0.15, 0.2) is 0 Å². The predicted octanol–water partition coefficient (Wildman–Crippen LogP) is 1.97. The molecule has 4 nitrogen and oxygen atoms in total. The molecule has 0 saturated carbocycles. The van der Waals surface area contributed by atoms with Crippen LogP contribution in [0.3, 0.4) is 0 Å². The third kappa shape index (κ3) is 2.21. The number of fused-ring (bicyclic) bond motifs is 1. The van der Waals surface area contributed by atoms with Crippen molar-refractivity contribution in [3.05, 3.63) is 23.8 Å².